The third-order valence-electron chi connectivity index (χ3n) is 4.82. The molecule has 2 fully saturated rings. The zero-order valence-electron chi connectivity index (χ0n) is 15.3. The number of piperazine rings is 1. The van der Waals surface area contributed by atoms with Crippen molar-refractivity contribution in [2.24, 2.45) is 0 Å². The lowest BCUT2D eigenvalue weighted by Crippen LogP contribution is -2.61. The highest BCUT2D eigenvalue weighted by molar-refractivity contribution is 5.94. The Labute approximate surface area is 148 Å². The van der Waals surface area contributed by atoms with Crippen LogP contribution in [-0.4, -0.2) is 59.2 Å². The van der Waals surface area contributed by atoms with Crippen LogP contribution in [0.3, 0.4) is 0 Å². The number of carbonyl (C=O) groups excluding carboxylic acids is 2. The first-order chi connectivity index (χ1) is 11.7. The minimum absolute atomic E-state index is 0.0281. The second-order valence-corrected chi connectivity index (χ2v) is 7.87. The molecule has 0 spiro atoms. The van der Waals surface area contributed by atoms with Crippen LogP contribution >= 0.6 is 0 Å². The quantitative estimate of drug-likeness (QED) is 0.840. The summed E-state index contributed by atoms with van der Waals surface area (Å²) in [6, 6.07) is 9.82. The molecule has 136 valence electrons. The van der Waals surface area contributed by atoms with Crippen LogP contribution in [0.25, 0.3) is 0 Å². The van der Waals surface area contributed by atoms with E-state index in [2.05, 4.69) is 0 Å². The Morgan fingerprint density at radius 1 is 1.28 bits per heavy atom. The lowest BCUT2D eigenvalue weighted by Gasteiger charge is -2.40. The van der Waals surface area contributed by atoms with Crippen LogP contribution < -0.4 is 0 Å². The summed E-state index contributed by atoms with van der Waals surface area (Å²) in [5.74, 6) is -0.0670. The Morgan fingerprint density at radius 3 is 2.56 bits per heavy atom. The summed E-state index contributed by atoms with van der Waals surface area (Å²) < 4.78 is 11.4. The van der Waals surface area contributed by atoms with Crippen LogP contribution in [0.2, 0.25) is 0 Å². The number of amides is 2. The first kappa shape index (κ1) is 17.7. The molecule has 0 unspecified atom stereocenters. The fourth-order valence-corrected chi connectivity index (χ4v) is 3.58. The van der Waals surface area contributed by atoms with E-state index in [4.69, 9.17) is 9.47 Å². The van der Waals surface area contributed by atoms with Crippen molar-refractivity contribution in [3.05, 3.63) is 35.9 Å². The maximum atomic E-state index is 12.8. The van der Waals surface area contributed by atoms with Crippen LogP contribution in [0.4, 0.5) is 4.79 Å². The van der Waals surface area contributed by atoms with Gasteiger partial charge in [0.05, 0.1) is 19.3 Å². The van der Waals surface area contributed by atoms with Gasteiger partial charge in [-0.15, -0.1) is 0 Å². The number of likely N-dealkylation sites (N-methyl/N-ethyl adjacent to an activating group) is 1. The van der Waals surface area contributed by atoms with Crippen LogP contribution in [-0.2, 0) is 20.9 Å². The van der Waals surface area contributed by atoms with E-state index in [1.165, 1.54) is 0 Å². The van der Waals surface area contributed by atoms with E-state index in [1.54, 1.807) is 16.8 Å². The number of nitrogens with zero attached hydrogens (tertiary/aromatic N) is 2. The van der Waals surface area contributed by atoms with Crippen molar-refractivity contribution in [2.75, 3.05) is 20.2 Å². The third kappa shape index (κ3) is 3.35. The minimum atomic E-state index is -0.948. The number of ether oxygens (including phenoxy) is 2. The smallest absolute Gasteiger partial charge is 0.411 e. The molecule has 6 nitrogen and oxygen atoms in total. The number of hydrogen-bond donors (Lipinski definition) is 0. The lowest BCUT2D eigenvalue weighted by molar-refractivity contribution is -0.145. The molecular weight excluding hydrogens is 320 g/mol. The normalized spacial score (nSPS) is 25.6. The summed E-state index contributed by atoms with van der Waals surface area (Å²) in [7, 11) is 1.79. The van der Waals surface area contributed by atoms with Crippen molar-refractivity contribution in [3.63, 3.8) is 0 Å². The summed E-state index contributed by atoms with van der Waals surface area (Å²) in [6.07, 6.45) is 0.149. The van der Waals surface area contributed by atoms with Crippen LogP contribution in [0, 0.1) is 0 Å². The van der Waals surface area contributed by atoms with Crippen LogP contribution in [0.1, 0.15) is 32.8 Å². The van der Waals surface area contributed by atoms with E-state index >= 15 is 0 Å². The highest BCUT2D eigenvalue weighted by atomic mass is 16.6. The van der Waals surface area contributed by atoms with Gasteiger partial charge < -0.3 is 14.4 Å². The molecule has 2 bridgehead atoms. The maximum absolute atomic E-state index is 12.8. The van der Waals surface area contributed by atoms with Crippen LogP contribution in [0.5, 0.6) is 0 Å². The number of likely N-dealkylation sites (tertiary alicyclic amines) is 2. The Hall–Kier alpha value is -2.08. The Bertz CT molecular complexity index is 655. The molecule has 0 radical (unpaired) electrons. The number of rotatable bonds is 4. The monoisotopic (exact) mass is 346 g/mol. The summed E-state index contributed by atoms with van der Waals surface area (Å²) in [6.45, 7) is 6.56. The first-order valence-electron chi connectivity index (χ1n) is 8.62. The molecular formula is C19H26N2O4. The average molecular weight is 346 g/mol. The summed E-state index contributed by atoms with van der Waals surface area (Å²) in [4.78, 5) is 28.7. The molecule has 6 heteroatoms. The molecule has 2 saturated heterocycles. The molecule has 1 aromatic rings. The maximum Gasteiger partial charge on any atom is 0.411 e. The molecule has 2 heterocycles. The molecule has 0 N–H and O–H groups in total. The molecule has 2 aliphatic heterocycles. The Balaban J connectivity index is 1.73. The van der Waals surface area contributed by atoms with Crippen molar-refractivity contribution in [1.29, 1.82) is 0 Å². The standard InChI is InChI=1S/C19H26N2O4/c1-18(2,3)25-17(23)21-11-15-10-19(21,16(22)20(15)4)13-24-12-14-8-6-5-7-9-14/h5-9,15H,10-13H2,1-4H3/t15-,19+/m0/s1. The largest absolute Gasteiger partial charge is 0.444 e. The van der Waals surface area contributed by atoms with E-state index in [-0.39, 0.29) is 18.6 Å². The van der Waals surface area contributed by atoms with Crippen molar-refractivity contribution in [2.45, 2.75) is 51.0 Å². The molecule has 3 rings (SSSR count). The molecule has 1 aromatic carbocycles. The minimum Gasteiger partial charge on any atom is -0.444 e. The van der Waals surface area contributed by atoms with E-state index < -0.39 is 17.2 Å². The van der Waals surface area contributed by atoms with Gasteiger partial charge in [0.25, 0.3) is 5.91 Å². The van der Waals surface area contributed by atoms with Gasteiger partial charge in [-0.2, -0.15) is 0 Å². The van der Waals surface area contributed by atoms with E-state index in [0.29, 0.717) is 19.6 Å². The Kier molecular flexibility index (Phi) is 4.49. The predicted octanol–water partition coefficient (Wildman–Crippen LogP) is 2.42. The fraction of sp³-hybridized carbons (Fsp3) is 0.579. The molecule has 0 aromatic heterocycles. The zero-order valence-corrected chi connectivity index (χ0v) is 15.3. The molecule has 25 heavy (non-hydrogen) atoms. The first-order valence-corrected chi connectivity index (χ1v) is 8.62. The van der Waals surface area contributed by atoms with Gasteiger partial charge >= 0.3 is 6.09 Å². The topological polar surface area (TPSA) is 59.1 Å². The van der Waals surface area contributed by atoms with Gasteiger partial charge in [-0.05, 0) is 26.3 Å². The third-order valence-corrected chi connectivity index (χ3v) is 4.82. The number of carbonyl (C=O) groups is 2. The van der Waals surface area contributed by atoms with Gasteiger partial charge in [0, 0.05) is 20.0 Å². The highest BCUT2D eigenvalue weighted by Crippen LogP contribution is 2.41. The van der Waals surface area contributed by atoms with Gasteiger partial charge in [-0.3, -0.25) is 9.69 Å². The zero-order chi connectivity index (χ0) is 18.2. The van der Waals surface area contributed by atoms with E-state index in [1.807, 2.05) is 51.1 Å². The molecule has 0 saturated carbocycles. The summed E-state index contributed by atoms with van der Waals surface area (Å²) in [5, 5.41) is 0. The van der Waals surface area contributed by atoms with Gasteiger partial charge in [0.15, 0.2) is 5.54 Å². The number of benzene rings is 1. The fourth-order valence-electron chi connectivity index (χ4n) is 3.58. The van der Waals surface area contributed by atoms with E-state index in [0.717, 1.165) is 5.56 Å². The number of fused-ring (bicyclic) bond motifs is 2. The van der Waals surface area contributed by atoms with Gasteiger partial charge in [-0.1, -0.05) is 30.3 Å². The van der Waals surface area contributed by atoms with Gasteiger partial charge in [0.1, 0.15) is 5.60 Å². The van der Waals surface area contributed by atoms with Gasteiger partial charge in [-0.25, -0.2) is 4.79 Å². The molecule has 2 aliphatic rings. The second kappa shape index (κ2) is 6.33. The van der Waals surface area contributed by atoms with Crippen molar-refractivity contribution in [3.8, 4) is 0 Å². The lowest BCUT2D eigenvalue weighted by atomic mass is 9.99. The predicted molar refractivity (Wildman–Crippen MR) is 92.9 cm³/mol. The SMILES string of the molecule is CN1C(=O)[C@]2(COCc3ccccc3)C[C@H]1CN2C(=O)OC(C)(C)C. The highest BCUT2D eigenvalue weighted by Gasteiger charge is 2.62. The van der Waals surface area contributed by atoms with Gasteiger partial charge in [0.2, 0.25) is 0 Å². The Morgan fingerprint density at radius 2 is 1.96 bits per heavy atom. The summed E-state index contributed by atoms with van der Waals surface area (Å²) in [5.41, 5.74) is -0.507. The molecule has 2 amide bonds. The molecule has 2 atom stereocenters. The summed E-state index contributed by atoms with van der Waals surface area (Å²) >= 11 is 0. The second-order valence-electron chi connectivity index (χ2n) is 7.87. The average Bonchev–Trinajstić information content (AvgIpc) is 3.03. The van der Waals surface area contributed by atoms with Crippen molar-refractivity contribution < 1.29 is 19.1 Å². The van der Waals surface area contributed by atoms with Crippen molar-refractivity contribution in [1.82, 2.24) is 9.80 Å². The van der Waals surface area contributed by atoms with Crippen molar-refractivity contribution >= 4 is 12.0 Å². The van der Waals surface area contributed by atoms with E-state index in [9.17, 15) is 9.59 Å². The van der Waals surface area contributed by atoms with Crippen LogP contribution in [0.15, 0.2) is 30.3 Å². The molecule has 0 aliphatic carbocycles. The number of hydrogen-bond acceptors (Lipinski definition) is 4.